The Bertz CT molecular complexity index is 1150. The van der Waals surface area contributed by atoms with Gasteiger partial charge in [0.05, 0.1) is 17.6 Å². The quantitative estimate of drug-likeness (QED) is 0.346. The van der Waals surface area contributed by atoms with Crippen molar-refractivity contribution in [1.29, 1.82) is 0 Å². The van der Waals surface area contributed by atoms with Crippen molar-refractivity contribution in [2.75, 3.05) is 6.61 Å². The van der Waals surface area contributed by atoms with E-state index in [-0.39, 0.29) is 30.2 Å². The standard InChI is InChI=1S/C19H20N4O6S/c1-14-5-6-17(30(25,26)27)15(8-14)9-16-10-28-19(29-16,11-22-13-20-12-21-22)18-4-2-3-7-23(18)24/h2-8,12-13,16H,9-11H2,1H3,(H,25,26,27)/t16-,19-/m1/s1. The molecule has 3 heterocycles. The molecular formula is C19H20N4O6S. The van der Waals surface area contributed by atoms with E-state index < -0.39 is 22.0 Å². The van der Waals surface area contributed by atoms with E-state index in [2.05, 4.69) is 10.1 Å². The molecule has 1 fully saturated rings. The zero-order valence-corrected chi connectivity index (χ0v) is 16.9. The van der Waals surface area contributed by atoms with Crippen LogP contribution in [-0.4, -0.2) is 40.4 Å². The zero-order valence-electron chi connectivity index (χ0n) is 16.1. The summed E-state index contributed by atoms with van der Waals surface area (Å²) in [7, 11) is -4.39. The zero-order chi connectivity index (χ0) is 21.4. The third-order valence-corrected chi connectivity index (χ3v) is 5.81. The summed E-state index contributed by atoms with van der Waals surface area (Å²) in [6.45, 7) is 2.01. The number of nitrogens with zero attached hydrogens (tertiary/aromatic N) is 4. The first-order valence-electron chi connectivity index (χ1n) is 9.17. The molecule has 0 radical (unpaired) electrons. The lowest BCUT2D eigenvalue weighted by Crippen LogP contribution is -2.45. The molecule has 1 N–H and O–H groups in total. The molecule has 1 aliphatic rings. The van der Waals surface area contributed by atoms with E-state index in [9.17, 15) is 18.2 Å². The lowest BCUT2D eigenvalue weighted by molar-refractivity contribution is -0.629. The fraction of sp³-hybridized carbons (Fsp3) is 0.316. The number of pyridine rings is 1. The Hall–Kier alpha value is -2.86. The van der Waals surface area contributed by atoms with E-state index in [0.29, 0.717) is 10.3 Å². The summed E-state index contributed by atoms with van der Waals surface area (Å²) in [5.41, 5.74) is 1.48. The van der Waals surface area contributed by atoms with Gasteiger partial charge in [-0.1, -0.05) is 17.7 Å². The molecule has 1 aliphatic heterocycles. The number of hydrogen-bond acceptors (Lipinski definition) is 7. The molecule has 0 bridgehead atoms. The Labute approximate surface area is 173 Å². The normalized spacial score (nSPS) is 21.7. The molecule has 2 aromatic heterocycles. The van der Waals surface area contributed by atoms with Crippen molar-refractivity contribution in [3.8, 4) is 0 Å². The molecule has 10 nitrogen and oxygen atoms in total. The third-order valence-electron chi connectivity index (χ3n) is 4.85. The van der Waals surface area contributed by atoms with Crippen molar-refractivity contribution in [2.24, 2.45) is 0 Å². The first kappa shape index (κ1) is 20.4. The smallest absolute Gasteiger partial charge is 0.294 e. The van der Waals surface area contributed by atoms with Crippen molar-refractivity contribution in [2.45, 2.75) is 36.7 Å². The van der Waals surface area contributed by atoms with E-state index in [1.807, 2.05) is 6.92 Å². The highest BCUT2D eigenvalue weighted by atomic mass is 32.2. The van der Waals surface area contributed by atoms with E-state index >= 15 is 0 Å². The van der Waals surface area contributed by atoms with E-state index in [1.54, 1.807) is 30.3 Å². The van der Waals surface area contributed by atoms with Crippen molar-refractivity contribution in [3.63, 3.8) is 0 Å². The van der Waals surface area contributed by atoms with Crippen LogP contribution in [0, 0.1) is 12.1 Å². The molecule has 1 aromatic carbocycles. The number of benzene rings is 1. The van der Waals surface area contributed by atoms with Gasteiger partial charge < -0.3 is 14.7 Å². The van der Waals surface area contributed by atoms with Crippen LogP contribution in [-0.2, 0) is 38.3 Å². The Morgan fingerprint density at radius 2 is 2.20 bits per heavy atom. The number of ether oxygens (including phenoxy) is 2. The van der Waals surface area contributed by atoms with Crippen molar-refractivity contribution in [1.82, 2.24) is 14.8 Å². The molecule has 158 valence electrons. The van der Waals surface area contributed by atoms with Gasteiger partial charge >= 0.3 is 0 Å². The lowest BCUT2D eigenvalue weighted by atomic mass is 10.1. The third kappa shape index (κ3) is 4.05. The Kier molecular flexibility index (Phi) is 5.28. The molecule has 11 heteroatoms. The van der Waals surface area contributed by atoms with Crippen LogP contribution in [0.5, 0.6) is 0 Å². The van der Waals surface area contributed by atoms with Crippen molar-refractivity contribution >= 4 is 10.1 Å². The van der Waals surface area contributed by atoms with Gasteiger partial charge in [0.15, 0.2) is 6.20 Å². The molecule has 3 aromatic rings. The molecule has 0 aliphatic carbocycles. The van der Waals surface area contributed by atoms with Gasteiger partial charge in [-0.05, 0) is 24.6 Å². The molecule has 4 rings (SSSR count). The van der Waals surface area contributed by atoms with Gasteiger partial charge in [-0.15, -0.1) is 0 Å². The highest BCUT2D eigenvalue weighted by Gasteiger charge is 2.49. The fourth-order valence-electron chi connectivity index (χ4n) is 3.58. The summed E-state index contributed by atoms with van der Waals surface area (Å²) < 4.78 is 47.4. The number of rotatable bonds is 6. The van der Waals surface area contributed by atoms with Gasteiger partial charge in [-0.3, -0.25) is 4.55 Å². The summed E-state index contributed by atoms with van der Waals surface area (Å²) in [4.78, 5) is 3.73. The van der Waals surface area contributed by atoms with Gasteiger partial charge in [0.1, 0.15) is 19.2 Å². The number of aryl methyl sites for hydroxylation is 1. The van der Waals surface area contributed by atoms with Gasteiger partial charge in [-0.25, -0.2) is 9.67 Å². The van der Waals surface area contributed by atoms with E-state index in [4.69, 9.17) is 9.47 Å². The van der Waals surface area contributed by atoms with Gasteiger partial charge in [0, 0.05) is 18.6 Å². The predicted molar refractivity (Wildman–Crippen MR) is 103 cm³/mol. The first-order valence-corrected chi connectivity index (χ1v) is 10.6. The van der Waals surface area contributed by atoms with Crippen LogP contribution >= 0.6 is 0 Å². The first-order chi connectivity index (χ1) is 14.3. The molecule has 0 saturated carbocycles. The molecule has 2 atom stereocenters. The second kappa shape index (κ2) is 7.76. The van der Waals surface area contributed by atoms with E-state index in [0.717, 1.165) is 5.56 Å². The molecule has 0 unspecified atom stereocenters. The van der Waals surface area contributed by atoms with Gasteiger partial charge in [0.25, 0.3) is 21.6 Å². The number of hydrogen-bond donors (Lipinski definition) is 1. The van der Waals surface area contributed by atoms with Crippen LogP contribution in [0.3, 0.4) is 0 Å². The molecular weight excluding hydrogens is 412 g/mol. The number of aromatic nitrogens is 4. The minimum atomic E-state index is -4.39. The topological polar surface area (TPSA) is 130 Å². The second-order valence-corrected chi connectivity index (χ2v) is 8.49. The maximum Gasteiger partial charge on any atom is 0.294 e. The van der Waals surface area contributed by atoms with Crippen LogP contribution in [0.15, 0.2) is 60.1 Å². The van der Waals surface area contributed by atoms with Crippen LogP contribution in [0.2, 0.25) is 0 Å². The highest BCUT2D eigenvalue weighted by molar-refractivity contribution is 7.85. The lowest BCUT2D eigenvalue weighted by Gasteiger charge is -2.26. The van der Waals surface area contributed by atoms with Crippen LogP contribution < -0.4 is 4.73 Å². The molecule has 1 saturated heterocycles. The Morgan fingerprint density at radius 3 is 2.90 bits per heavy atom. The Balaban J connectivity index is 1.66. The monoisotopic (exact) mass is 432 g/mol. The van der Waals surface area contributed by atoms with Crippen LogP contribution in [0.1, 0.15) is 16.8 Å². The predicted octanol–water partition coefficient (Wildman–Crippen LogP) is 0.978. The minimum absolute atomic E-state index is 0.0781. The Morgan fingerprint density at radius 1 is 1.37 bits per heavy atom. The summed E-state index contributed by atoms with van der Waals surface area (Å²) >= 11 is 0. The second-order valence-electron chi connectivity index (χ2n) is 7.10. The van der Waals surface area contributed by atoms with Crippen molar-refractivity contribution in [3.05, 3.63) is 77.3 Å². The molecule has 30 heavy (non-hydrogen) atoms. The van der Waals surface area contributed by atoms with Crippen LogP contribution in [0.25, 0.3) is 0 Å². The summed E-state index contributed by atoms with van der Waals surface area (Å²) in [6, 6.07) is 9.54. The van der Waals surface area contributed by atoms with E-state index in [1.165, 1.54) is 29.6 Å². The maximum absolute atomic E-state index is 12.4. The average Bonchev–Trinajstić information content (AvgIpc) is 3.32. The largest absolute Gasteiger partial charge is 0.618 e. The van der Waals surface area contributed by atoms with Gasteiger partial charge in [0.2, 0.25) is 0 Å². The molecule has 0 spiro atoms. The van der Waals surface area contributed by atoms with Crippen molar-refractivity contribution < 1.29 is 27.2 Å². The highest BCUT2D eigenvalue weighted by Crippen LogP contribution is 2.36. The summed E-state index contributed by atoms with van der Waals surface area (Å²) in [6.07, 6.45) is 3.80. The minimum Gasteiger partial charge on any atom is -0.618 e. The maximum atomic E-state index is 12.4. The fourth-order valence-corrected chi connectivity index (χ4v) is 4.29. The summed E-state index contributed by atoms with van der Waals surface area (Å²) in [5.74, 6) is -1.43. The summed E-state index contributed by atoms with van der Waals surface area (Å²) in [5, 5.41) is 16.5. The SMILES string of the molecule is Cc1ccc(S(=O)(=O)O)c(C[C@@H]2CO[C@@](Cn3cncn3)(c3cccc[n+]3[O-])O2)c1. The van der Waals surface area contributed by atoms with Gasteiger partial charge in [-0.2, -0.15) is 18.2 Å². The molecule has 0 amide bonds. The van der Waals surface area contributed by atoms with Crippen LogP contribution in [0.4, 0.5) is 0 Å². The average molecular weight is 432 g/mol.